The Morgan fingerprint density at radius 1 is 0.600 bits per heavy atom. The second kappa shape index (κ2) is 13.9. The molecule has 2 heteroatoms. The summed E-state index contributed by atoms with van der Waals surface area (Å²) in [6.07, 6.45) is 20.8. The molecule has 0 bridgehead atoms. The van der Waals surface area contributed by atoms with Crippen molar-refractivity contribution in [2.45, 2.75) is 103 Å². The molecule has 1 rings (SSSR count). The Balaban J connectivity index is 1.66. The van der Waals surface area contributed by atoms with Crippen molar-refractivity contribution >= 4 is 0 Å². The third kappa shape index (κ3) is 10.7. The Hall–Kier alpha value is -0.0800. The van der Waals surface area contributed by atoms with Crippen molar-refractivity contribution in [3.8, 4) is 0 Å². The highest BCUT2D eigenvalue weighted by atomic mass is 15.2. The predicted molar refractivity (Wildman–Crippen MR) is 90.1 cm³/mol. The summed E-state index contributed by atoms with van der Waals surface area (Å²) in [6.45, 7) is 4.60. The molecule has 0 aliphatic carbocycles. The van der Waals surface area contributed by atoms with Gasteiger partial charge in [-0.05, 0) is 6.42 Å². The minimum Gasteiger partial charge on any atom is -0.301 e. The lowest BCUT2D eigenvalue weighted by atomic mass is 10.0. The van der Waals surface area contributed by atoms with Crippen LogP contribution in [0.25, 0.3) is 0 Å². The predicted octanol–water partition coefficient (Wildman–Crippen LogP) is 4.99. The number of unbranched alkanes of at least 4 members (excludes halogenated alkanes) is 12. The van der Waals surface area contributed by atoms with Gasteiger partial charge in [-0.15, -0.1) is 0 Å². The topological polar surface area (TPSA) is 24.1 Å². The first-order valence-corrected chi connectivity index (χ1v) is 9.40. The Morgan fingerprint density at radius 2 is 1.00 bits per heavy atom. The summed E-state index contributed by atoms with van der Waals surface area (Å²) in [6, 6.07) is 0. The van der Waals surface area contributed by atoms with E-state index >= 15 is 0 Å². The number of hydrogen-bond acceptors (Lipinski definition) is 2. The van der Waals surface area contributed by atoms with Crippen LogP contribution < -0.4 is 10.6 Å². The Morgan fingerprint density at radius 3 is 1.45 bits per heavy atom. The highest BCUT2D eigenvalue weighted by Gasteiger charge is 2.11. The number of rotatable bonds is 14. The van der Waals surface area contributed by atoms with Crippen LogP contribution in [0.1, 0.15) is 96.8 Å². The van der Waals surface area contributed by atoms with E-state index < -0.39 is 0 Å². The van der Waals surface area contributed by atoms with Gasteiger partial charge in [-0.25, -0.2) is 0 Å². The van der Waals surface area contributed by atoms with Gasteiger partial charge in [0.15, 0.2) is 0 Å². The summed E-state index contributed by atoms with van der Waals surface area (Å²) in [5.41, 5.74) is 0. The third-order valence-electron chi connectivity index (χ3n) is 4.50. The SMILES string of the molecule is CCCCCCCCCCCCCCCC1NCCN1. The van der Waals surface area contributed by atoms with Gasteiger partial charge in [0.25, 0.3) is 0 Å². The maximum atomic E-state index is 3.49. The fourth-order valence-corrected chi connectivity index (χ4v) is 3.14. The van der Waals surface area contributed by atoms with E-state index in [1.54, 1.807) is 0 Å². The van der Waals surface area contributed by atoms with Crippen LogP contribution in [0.5, 0.6) is 0 Å². The van der Waals surface area contributed by atoms with Crippen LogP contribution in [0.4, 0.5) is 0 Å². The third-order valence-corrected chi connectivity index (χ3v) is 4.50. The molecule has 20 heavy (non-hydrogen) atoms. The van der Waals surface area contributed by atoms with E-state index in [1.807, 2.05) is 0 Å². The Labute approximate surface area is 127 Å². The molecule has 0 spiro atoms. The highest BCUT2D eigenvalue weighted by molar-refractivity contribution is 4.72. The smallest absolute Gasteiger partial charge is 0.0572 e. The molecule has 0 aromatic heterocycles. The summed E-state index contributed by atoms with van der Waals surface area (Å²) in [4.78, 5) is 0. The molecule has 1 aliphatic heterocycles. The minimum absolute atomic E-state index is 0.614. The Kier molecular flexibility index (Phi) is 12.5. The van der Waals surface area contributed by atoms with Crippen molar-refractivity contribution in [1.29, 1.82) is 0 Å². The van der Waals surface area contributed by atoms with Crippen molar-refractivity contribution in [3.05, 3.63) is 0 Å². The summed E-state index contributed by atoms with van der Waals surface area (Å²) in [7, 11) is 0. The van der Waals surface area contributed by atoms with E-state index in [0.717, 1.165) is 13.1 Å². The molecule has 0 aromatic rings. The largest absolute Gasteiger partial charge is 0.301 e. The van der Waals surface area contributed by atoms with Gasteiger partial charge < -0.3 is 10.6 Å². The Bertz CT molecular complexity index is 188. The molecule has 1 saturated heterocycles. The van der Waals surface area contributed by atoms with E-state index in [-0.39, 0.29) is 0 Å². The maximum Gasteiger partial charge on any atom is 0.0572 e. The molecular formula is C18H38N2. The van der Waals surface area contributed by atoms with Crippen molar-refractivity contribution in [2.75, 3.05) is 13.1 Å². The van der Waals surface area contributed by atoms with Gasteiger partial charge in [-0.1, -0.05) is 90.4 Å². The van der Waals surface area contributed by atoms with Gasteiger partial charge in [-0.3, -0.25) is 0 Å². The first-order valence-electron chi connectivity index (χ1n) is 9.40. The van der Waals surface area contributed by atoms with Crippen molar-refractivity contribution in [1.82, 2.24) is 10.6 Å². The lowest BCUT2D eigenvalue weighted by Gasteiger charge is -2.09. The summed E-state index contributed by atoms with van der Waals surface area (Å²) >= 11 is 0. The van der Waals surface area contributed by atoms with Gasteiger partial charge in [0, 0.05) is 13.1 Å². The van der Waals surface area contributed by atoms with Crippen LogP contribution in [-0.2, 0) is 0 Å². The molecule has 1 fully saturated rings. The van der Waals surface area contributed by atoms with Gasteiger partial charge in [0.05, 0.1) is 6.17 Å². The van der Waals surface area contributed by atoms with Crippen LogP contribution in [0, 0.1) is 0 Å². The summed E-state index contributed by atoms with van der Waals surface area (Å²) < 4.78 is 0. The number of hydrogen-bond donors (Lipinski definition) is 2. The second-order valence-corrected chi connectivity index (χ2v) is 6.49. The fraction of sp³-hybridized carbons (Fsp3) is 1.00. The minimum atomic E-state index is 0.614. The monoisotopic (exact) mass is 282 g/mol. The molecule has 0 atom stereocenters. The zero-order chi connectivity index (χ0) is 14.3. The van der Waals surface area contributed by atoms with E-state index in [2.05, 4.69) is 17.6 Å². The molecule has 1 heterocycles. The molecule has 2 N–H and O–H groups in total. The number of nitrogens with one attached hydrogen (secondary N) is 2. The molecule has 0 radical (unpaired) electrons. The van der Waals surface area contributed by atoms with E-state index in [9.17, 15) is 0 Å². The normalized spacial score (nSPS) is 16.1. The van der Waals surface area contributed by atoms with Crippen LogP contribution >= 0.6 is 0 Å². The lowest BCUT2D eigenvalue weighted by molar-refractivity contribution is 0.471. The molecule has 0 aromatic carbocycles. The molecule has 1 aliphatic rings. The summed E-state index contributed by atoms with van der Waals surface area (Å²) in [5, 5.41) is 6.98. The van der Waals surface area contributed by atoms with Crippen LogP contribution in [0.3, 0.4) is 0 Å². The van der Waals surface area contributed by atoms with Gasteiger partial charge in [0.2, 0.25) is 0 Å². The average Bonchev–Trinajstić information content (AvgIpc) is 2.97. The quantitative estimate of drug-likeness (QED) is 0.439. The van der Waals surface area contributed by atoms with E-state index in [1.165, 1.54) is 89.9 Å². The first-order chi connectivity index (χ1) is 9.93. The average molecular weight is 283 g/mol. The van der Waals surface area contributed by atoms with Crippen molar-refractivity contribution < 1.29 is 0 Å². The zero-order valence-corrected chi connectivity index (χ0v) is 13.9. The molecule has 0 saturated carbocycles. The van der Waals surface area contributed by atoms with Gasteiger partial charge in [0.1, 0.15) is 0 Å². The molecule has 120 valence electrons. The molecule has 2 nitrogen and oxygen atoms in total. The van der Waals surface area contributed by atoms with Crippen LogP contribution in [0.2, 0.25) is 0 Å². The highest BCUT2D eigenvalue weighted by Crippen LogP contribution is 2.13. The van der Waals surface area contributed by atoms with E-state index in [0.29, 0.717) is 6.17 Å². The molecular weight excluding hydrogens is 244 g/mol. The van der Waals surface area contributed by atoms with Crippen LogP contribution in [0.15, 0.2) is 0 Å². The zero-order valence-electron chi connectivity index (χ0n) is 13.9. The maximum absolute atomic E-state index is 3.49. The van der Waals surface area contributed by atoms with Gasteiger partial charge in [-0.2, -0.15) is 0 Å². The van der Waals surface area contributed by atoms with Crippen LogP contribution in [-0.4, -0.2) is 19.3 Å². The van der Waals surface area contributed by atoms with Crippen molar-refractivity contribution in [2.24, 2.45) is 0 Å². The summed E-state index contributed by atoms with van der Waals surface area (Å²) in [5.74, 6) is 0. The molecule has 0 amide bonds. The molecule has 0 unspecified atom stereocenters. The second-order valence-electron chi connectivity index (χ2n) is 6.49. The van der Waals surface area contributed by atoms with Gasteiger partial charge >= 0.3 is 0 Å². The first kappa shape index (κ1) is 18.0. The van der Waals surface area contributed by atoms with E-state index in [4.69, 9.17) is 0 Å². The standard InChI is InChI=1S/C18H38N2/c1-2-3-4-5-6-7-8-9-10-11-12-13-14-15-18-19-16-17-20-18/h18-20H,2-17H2,1H3. The fourth-order valence-electron chi connectivity index (χ4n) is 3.14. The lowest BCUT2D eigenvalue weighted by Crippen LogP contribution is -2.30. The van der Waals surface area contributed by atoms with Crippen molar-refractivity contribution in [3.63, 3.8) is 0 Å².